The number of aromatic hydroxyl groups is 3. The van der Waals surface area contributed by atoms with E-state index in [1.54, 1.807) is 0 Å². The average Bonchev–Trinajstić information content (AvgIpc) is 1.61. The molecule has 4 heterocycles. The van der Waals surface area contributed by atoms with Crippen molar-refractivity contribution in [2.24, 2.45) is 0 Å². The number of imidazole rings is 3. The van der Waals surface area contributed by atoms with Crippen molar-refractivity contribution in [3.05, 3.63) is 31.5 Å². The van der Waals surface area contributed by atoms with Gasteiger partial charge in [0.15, 0.2) is 0 Å². The largest absolute Gasteiger partial charge is 0.490 e. The van der Waals surface area contributed by atoms with Crippen LogP contribution in [0.25, 0.3) is 17.8 Å². The van der Waals surface area contributed by atoms with Crippen LogP contribution in [0.4, 0.5) is 0 Å². The zero-order chi connectivity index (χ0) is 64.8. The lowest BCUT2D eigenvalue weighted by Gasteiger charge is -2.10. The molecule has 0 amide bonds. The molecule has 0 saturated heterocycles. The Morgan fingerprint density at radius 3 is 0.611 bits per heavy atom. The highest BCUT2D eigenvalue weighted by atomic mass is 16.5. The van der Waals surface area contributed by atoms with E-state index in [1.165, 1.54) is 129 Å². The normalized spacial score (nSPS) is 11.7. The minimum atomic E-state index is -0.697. The smallest absolute Gasteiger partial charge is 0.341 e. The highest BCUT2D eigenvalue weighted by Crippen LogP contribution is 2.33. The van der Waals surface area contributed by atoms with E-state index in [0.29, 0.717) is 19.3 Å². The fourth-order valence-corrected chi connectivity index (χ4v) is 12.2. The molecule has 0 spiro atoms. The Bertz CT molecular complexity index is 2350. The molecule has 90 heavy (non-hydrogen) atoms. The zero-order valence-corrected chi connectivity index (χ0v) is 58.0. The second kappa shape index (κ2) is 48.6. The third-order valence-corrected chi connectivity index (χ3v) is 17.8. The van der Waals surface area contributed by atoms with Crippen LogP contribution in [0.1, 0.15) is 350 Å². The molecule has 516 valence electrons. The van der Waals surface area contributed by atoms with Gasteiger partial charge in [0.05, 0.1) is 19.8 Å². The van der Waals surface area contributed by atoms with Crippen molar-refractivity contribution in [1.82, 2.24) is 42.4 Å². The Morgan fingerprint density at radius 2 is 0.422 bits per heavy atom. The van der Waals surface area contributed by atoms with E-state index in [2.05, 4.69) is 41.5 Å². The first kappa shape index (κ1) is 77.3. The summed E-state index contributed by atoms with van der Waals surface area (Å²) >= 11 is 0. The molecule has 0 radical (unpaired) electrons. The molecule has 4 rings (SSSR count). The topological polar surface area (TPSA) is 208 Å². The molecule has 0 unspecified atom stereocenters. The summed E-state index contributed by atoms with van der Waals surface area (Å²) in [5, 5.41) is 37.1. The first-order valence-corrected chi connectivity index (χ1v) is 37.4. The third kappa shape index (κ3) is 27.6. The van der Waals surface area contributed by atoms with Crippen molar-refractivity contribution >= 4 is 0 Å². The standard InChI is InChI=1S/C72H129N9O9/c1-7-13-19-25-31-34-37-40-46-52-58-88-64-61(82)79(70(85)76(64)55-49-43-28-22-16-10-4)67-73-68(80-62(83)65(77(71(80)86)56-50-44-29-23-17-11-5)89-59-53-47-41-38-35-32-26-20-14-8-2)75-69(74-67)81-63(84)66(78(72(81)87)57-51-45-30-24-18-12-6)90-60-54-48-42-39-36-33-27-21-15-9-3/h82-84H,7-60H2,1-6H3. The Labute approximate surface area is 543 Å². The highest BCUT2D eigenvalue weighted by Gasteiger charge is 2.31. The van der Waals surface area contributed by atoms with Crippen LogP contribution in [0, 0.1) is 0 Å². The van der Waals surface area contributed by atoms with Gasteiger partial charge in [-0.2, -0.15) is 28.7 Å². The molecule has 0 aliphatic rings. The summed E-state index contributed by atoms with van der Waals surface area (Å²) in [6.45, 7) is 14.7. The molecule has 4 aromatic rings. The van der Waals surface area contributed by atoms with Crippen LogP contribution in [0.5, 0.6) is 35.3 Å². The summed E-state index contributed by atoms with van der Waals surface area (Å²) in [6, 6.07) is 0. The van der Waals surface area contributed by atoms with Gasteiger partial charge in [0.1, 0.15) is 0 Å². The average molecular weight is 1260 g/mol. The third-order valence-electron chi connectivity index (χ3n) is 17.8. The van der Waals surface area contributed by atoms with Gasteiger partial charge in [0.25, 0.3) is 35.3 Å². The zero-order valence-electron chi connectivity index (χ0n) is 58.0. The fraction of sp³-hybridized carbons (Fsp3) is 0.833. The summed E-state index contributed by atoms with van der Waals surface area (Å²) in [6.07, 6.45) is 51.5. The van der Waals surface area contributed by atoms with E-state index in [-0.39, 0.29) is 57.1 Å². The van der Waals surface area contributed by atoms with Crippen LogP contribution >= 0.6 is 0 Å². The Morgan fingerprint density at radius 1 is 0.256 bits per heavy atom. The van der Waals surface area contributed by atoms with Gasteiger partial charge in [-0.15, -0.1) is 0 Å². The van der Waals surface area contributed by atoms with Gasteiger partial charge >= 0.3 is 17.1 Å². The molecular formula is C72H129N9O9. The Kier molecular flexibility index (Phi) is 41.7. The van der Waals surface area contributed by atoms with Gasteiger partial charge in [0, 0.05) is 19.6 Å². The SMILES string of the molecule is CCCCCCCCCCCCOc1c(O)n(-c2nc(-n3c(O)c(OCCCCCCCCCCCC)n(CCCCCCCC)c3=O)nc(-n3c(O)c(OCCCCCCCCCCCC)n(CCCCCCCC)c3=O)n2)c(=O)n1CCCCCCCC. The number of rotatable bonds is 60. The van der Waals surface area contributed by atoms with Gasteiger partial charge in [0.2, 0.25) is 17.8 Å². The van der Waals surface area contributed by atoms with Gasteiger partial charge < -0.3 is 29.5 Å². The first-order chi connectivity index (χ1) is 44.1. The van der Waals surface area contributed by atoms with E-state index < -0.39 is 52.6 Å². The first-order valence-electron chi connectivity index (χ1n) is 37.4. The molecule has 18 nitrogen and oxygen atoms in total. The number of unbranched alkanes of at least 4 members (excludes halogenated alkanes) is 42. The van der Waals surface area contributed by atoms with Crippen molar-refractivity contribution in [3.63, 3.8) is 0 Å². The van der Waals surface area contributed by atoms with E-state index in [4.69, 9.17) is 29.2 Å². The van der Waals surface area contributed by atoms with Crippen molar-refractivity contribution < 1.29 is 29.5 Å². The second-order valence-electron chi connectivity index (χ2n) is 25.8. The highest BCUT2D eigenvalue weighted by molar-refractivity contribution is 5.41. The predicted molar refractivity (Wildman–Crippen MR) is 368 cm³/mol. The lowest BCUT2D eigenvalue weighted by atomic mass is 10.1. The summed E-state index contributed by atoms with van der Waals surface area (Å²) in [5.74, 6) is -3.13. The van der Waals surface area contributed by atoms with E-state index in [9.17, 15) is 15.3 Å². The van der Waals surface area contributed by atoms with Crippen molar-refractivity contribution in [2.45, 2.75) is 369 Å². The maximum atomic E-state index is 15.1. The van der Waals surface area contributed by atoms with Crippen LogP contribution in [-0.4, -0.2) is 77.5 Å². The number of hydrogen-bond donors (Lipinski definition) is 3. The maximum absolute atomic E-state index is 15.1. The van der Waals surface area contributed by atoms with E-state index in [0.717, 1.165) is 187 Å². The molecule has 4 aromatic heterocycles. The van der Waals surface area contributed by atoms with Gasteiger partial charge in [-0.3, -0.25) is 13.7 Å². The van der Waals surface area contributed by atoms with Gasteiger partial charge in [-0.25, -0.2) is 14.4 Å². The van der Waals surface area contributed by atoms with Crippen LogP contribution in [0.2, 0.25) is 0 Å². The number of aromatic nitrogens is 9. The number of nitrogens with zero attached hydrogens (tertiary/aromatic N) is 9. The number of hydrogen-bond acceptors (Lipinski definition) is 12. The van der Waals surface area contributed by atoms with Crippen LogP contribution in [-0.2, 0) is 19.6 Å². The van der Waals surface area contributed by atoms with Crippen LogP contribution in [0.15, 0.2) is 14.4 Å². The molecular weight excluding hydrogens is 1130 g/mol. The fourth-order valence-electron chi connectivity index (χ4n) is 12.2. The minimum absolute atomic E-state index is 0.0338. The maximum Gasteiger partial charge on any atom is 0.341 e. The lowest BCUT2D eigenvalue weighted by Crippen LogP contribution is -2.30. The summed E-state index contributed by atoms with van der Waals surface area (Å²) in [4.78, 5) is 59.3. The molecule has 18 heteroatoms. The molecule has 3 N–H and O–H groups in total. The molecule has 0 saturated carbocycles. The van der Waals surface area contributed by atoms with Gasteiger partial charge in [-0.1, -0.05) is 311 Å². The molecule has 0 aliphatic carbocycles. The Balaban J connectivity index is 1.86. The minimum Gasteiger partial charge on any atom is -0.490 e. The van der Waals surface area contributed by atoms with E-state index >= 15 is 14.4 Å². The lowest BCUT2D eigenvalue weighted by molar-refractivity contribution is 0.261. The van der Waals surface area contributed by atoms with Gasteiger partial charge in [-0.05, 0) is 38.5 Å². The number of ether oxygens (including phenoxy) is 3. The molecule has 0 fully saturated rings. The summed E-state index contributed by atoms with van der Waals surface area (Å²) < 4.78 is 26.1. The van der Waals surface area contributed by atoms with Crippen LogP contribution < -0.4 is 31.3 Å². The summed E-state index contributed by atoms with van der Waals surface area (Å²) in [5.41, 5.74) is -2.09. The second-order valence-corrected chi connectivity index (χ2v) is 25.8. The van der Waals surface area contributed by atoms with Crippen LogP contribution in [0.3, 0.4) is 0 Å². The molecule has 0 aromatic carbocycles. The predicted octanol–water partition coefficient (Wildman–Crippen LogP) is 18.8. The summed E-state index contributed by atoms with van der Waals surface area (Å²) in [7, 11) is 0. The quantitative estimate of drug-likeness (QED) is 0.0353. The molecule has 0 bridgehead atoms. The molecule has 0 aliphatic heterocycles. The van der Waals surface area contributed by atoms with Crippen molar-refractivity contribution in [3.8, 4) is 53.1 Å². The monoisotopic (exact) mass is 1260 g/mol. The Hall–Kier alpha value is -5.16. The molecule has 0 atom stereocenters. The van der Waals surface area contributed by atoms with Crippen molar-refractivity contribution in [2.75, 3.05) is 19.8 Å². The van der Waals surface area contributed by atoms with E-state index in [1.807, 2.05) is 0 Å². The van der Waals surface area contributed by atoms with Crippen molar-refractivity contribution in [1.29, 1.82) is 0 Å².